The highest BCUT2D eigenvalue weighted by Gasteiger charge is 2.16. The van der Waals surface area contributed by atoms with Crippen molar-refractivity contribution in [2.75, 3.05) is 19.6 Å². The van der Waals surface area contributed by atoms with Crippen LogP contribution in [0.25, 0.3) is 0 Å². The van der Waals surface area contributed by atoms with E-state index in [1.165, 1.54) is 0 Å². The first-order chi connectivity index (χ1) is 7.20. The average molecular weight is 208 g/mol. The van der Waals surface area contributed by atoms with E-state index >= 15 is 0 Å². The summed E-state index contributed by atoms with van der Waals surface area (Å²) in [6, 6.07) is 0.284. The zero-order valence-corrected chi connectivity index (χ0v) is 9.77. The van der Waals surface area contributed by atoms with Gasteiger partial charge in [-0.3, -0.25) is 14.9 Å². The first-order valence-electron chi connectivity index (χ1n) is 5.42. The lowest BCUT2D eigenvalue weighted by Gasteiger charge is -2.27. The van der Waals surface area contributed by atoms with Gasteiger partial charge in [0.15, 0.2) is 0 Å². The fourth-order valence-corrected chi connectivity index (χ4v) is 1.79. The number of nitrogens with zero attached hydrogens (tertiary/aromatic N) is 3. The predicted octanol–water partition coefficient (Wildman–Crippen LogP) is 1.13. The molecule has 0 amide bonds. The first kappa shape index (κ1) is 12.1. The molecule has 0 aliphatic heterocycles. The molecule has 0 radical (unpaired) electrons. The van der Waals surface area contributed by atoms with E-state index in [2.05, 4.69) is 28.7 Å². The van der Waals surface area contributed by atoms with Crippen LogP contribution in [0.3, 0.4) is 0 Å². The number of nitrogens with two attached hydrogens (primary N) is 1. The fourth-order valence-electron chi connectivity index (χ4n) is 1.79. The SMILES string of the molecule is CCN(CCN)C(C)c1nccnc1C. The van der Waals surface area contributed by atoms with Crippen molar-refractivity contribution in [2.24, 2.45) is 5.73 Å². The van der Waals surface area contributed by atoms with E-state index in [-0.39, 0.29) is 6.04 Å². The van der Waals surface area contributed by atoms with Gasteiger partial charge in [0.2, 0.25) is 0 Å². The van der Waals surface area contributed by atoms with Crippen LogP contribution in [0.4, 0.5) is 0 Å². The molecule has 1 unspecified atom stereocenters. The van der Waals surface area contributed by atoms with Gasteiger partial charge in [0, 0.05) is 25.5 Å². The van der Waals surface area contributed by atoms with Gasteiger partial charge in [0.05, 0.1) is 17.4 Å². The van der Waals surface area contributed by atoms with Crippen molar-refractivity contribution in [1.29, 1.82) is 0 Å². The Morgan fingerprint density at radius 3 is 2.60 bits per heavy atom. The molecule has 0 bridgehead atoms. The van der Waals surface area contributed by atoms with Crippen molar-refractivity contribution >= 4 is 0 Å². The Balaban J connectivity index is 2.82. The summed E-state index contributed by atoms with van der Waals surface area (Å²) in [5.41, 5.74) is 7.63. The largest absolute Gasteiger partial charge is 0.329 e. The van der Waals surface area contributed by atoms with Crippen LogP contribution < -0.4 is 5.73 Å². The Kier molecular flexibility index (Phi) is 4.65. The summed E-state index contributed by atoms with van der Waals surface area (Å²) in [5.74, 6) is 0. The third-order valence-corrected chi connectivity index (χ3v) is 2.69. The van der Waals surface area contributed by atoms with Crippen LogP contribution in [0.5, 0.6) is 0 Å². The average Bonchev–Trinajstić information content (AvgIpc) is 2.25. The molecule has 2 N–H and O–H groups in total. The van der Waals surface area contributed by atoms with Crippen molar-refractivity contribution < 1.29 is 0 Å². The summed E-state index contributed by atoms with van der Waals surface area (Å²) in [6.45, 7) is 8.84. The number of hydrogen-bond acceptors (Lipinski definition) is 4. The smallest absolute Gasteiger partial charge is 0.0784 e. The van der Waals surface area contributed by atoms with Gasteiger partial charge in [-0.1, -0.05) is 6.92 Å². The van der Waals surface area contributed by atoms with Gasteiger partial charge in [0.1, 0.15) is 0 Å². The van der Waals surface area contributed by atoms with Crippen LogP contribution in [-0.2, 0) is 0 Å². The number of likely N-dealkylation sites (N-methyl/N-ethyl adjacent to an activating group) is 1. The van der Waals surface area contributed by atoms with Crippen molar-refractivity contribution in [3.63, 3.8) is 0 Å². The molecule has 4 nitrogen and oxygen atoms in total. The molecule has 1 heterocycles. The number of aryl methyl sites for hydroxylation is 1. The zero-order chi connectivity index (χ0) is 11.3. The molecule has 0 aromatic carbocycles. The van der Waals surface area contributed by atoms with E-state index in [1.54, 1.807) is 12.4 Å². The highest BCUT2D eigenvalue weighted by molar-refractivity contribution is 5.12. The normalized spacial score (nSPS) is 13.1. The van der Waals surface area contributed by atoms with E-state index in [9.17, 15) is 0 Å². The van der Waals surface area contributed by atoms with Gasteiger partial charge in [-0.15, -0.1) is 0 Å². The molecule has 0 aliphatic carbocycles. The Bertz CT molecular complexity index is 300. The monoisotopic (exact) mass is 208 g/mol. The summed E-state index contributed by atoms with van der Waals surface area (Å²) in [5, 5.41) is 0. The standard InChI is InChI=1S/C11H20N4/c1-4-15(8-5-12)10(3)11-9(2)13-6-7-14-11/h6-7,10H,4-5,8,12H2,1-3H3. The third kappa shape index (κ3) is 2.97. The summed E-state index contributed by atoms with van der Waals surface area (Å²) in [7, 11) is 0. The quantitative estimate of drug-likeness (QED) is 0.788. The zero-order valence-electron chi connectivity index (χ0n) is 9.77. The number of aromatic nitrogens is 2. The molecular weight excluding hydrogens is 188 g/mol. The second-order valence-electron chi connectivity index (χ2n) is 3.62. The summed E-state index contributed by atoms with van der Waals surface area (Å²) in [6.07, 6.45) is 3.47. The Morgan fingerprint density at radius 2 is 2.07 bits per heavy atom. The highest BCUT2D eigenvalue weighted by Crippen LogP contribution is 2.18. The molecule has 1 aromatic heterocycles. The van der Waals surface area contributed by atoms with E-state index < -0.39 is 0 Å². The van der Waals surface area contributed by atoms with Crippen LogP contribution in [0.2, 0.25) is 0 Å². The minimum atomic E-state index is 0.284. The molecule has 1 atom stereocenters. The molecule has 84 valence electrons. The lowest BCUT2D eigenvalue weighted by atomic mass is 10.1. The fraction of sp³-hybridized carbons (Fsp3) is 0.636. The molecule has 1 rings (SSSR count). The van der Waals surface area contributed by atoms with Gasteiger partial charge in [-0.25, -0.2) is 0 Å². The van der Waals surface area contributed by atoms with Gasteiger partial charge >= 0.3 is 0 Å². The maximum Gasteiger partial charge on any atom is 0.0784 e. The second kappa shape index (κ2) is 5.78. The molecule has 15 heavy (non-hydrogen) atoms. The maximum atomic E-state index is 5.58. The second-order valence-corrected chi connectivity index (χ2v) is 3.62. The molecular formula is C11H20N4. The van der Waals surface area contributed by atoms with Crippen molar-refractivity contribution in [3.8, 4) is 0 Å². The van der Waals surface area contributed by atoms with Crippen LogP contribution in [0.1, 0.15) is 31.3 Å². The van der Waals surface area contributed by atoms with Gasteiger partial charge in [-0.2, -0.15) is 0 Å². The minimum absolute atomic E-state index is 0.284. The van der Waals surface area contributed by atoms with Crippen molar-refractivity contribution in [1.82, 2.24) is 14.9 Å². The van der Waals surface area contributed by atoms with Crippen LogP contribution in [0, 0.1) is 6.92 Å². The molecule has 0 spiro atoms. The molecule has 4 heteroatoms. The van der Waals surface area contributed by atoms with Gasteiger partial charge in [-0.05, 0) is 20.4 Å². The Labute approximate surface area is 91.5 Å². The van der Waals surface area contributed by atoms with Crippen LogP contribution in [0.15, 0.2) is 12.4 Å². The van der Waals surface area contributed by atoms with Crippen LogP contribution >= 0.6 is 0 Å². The highest BCUT2D eigenvalue weighted by atomic mass is 15.2. The predicted molar refractivity (Wildman–Crippen MR) is 61.5 cm³/mol. The number of hydrogen-bond donors (Lipinski definition) is 1. The third-order valence-electron chi connectivity index (χ3n) is 2.69. The van der Waals surface area contributed by atoms with E-state index in [0.29, 0.717) is 6.54 Å². The summed E-state index contributed by atoms with van der Waals surface area (Å²) >= 11 is 0. The molecule has 0 saturated heterocycles. The Morgan fingerprint density at radius 1 is 1.40 bits per heavy atom. The van der Waals surface area contributed by atoms with Crippen LogP contribution in [-0.4, -0.2) is 34.5 Å². The van der Waals surface area contributed by atoms with Crippen molar-refractivity contribution in [3.05, 3.63) is 23.8 Å². The van der Waals surface area contributed by atoms with E-state index in [4.69, 9.17) is 5.73 Å². The van der Waals surface area contributed by atoms with E-state index in [1.807, 2.05) is 6.92 Å². The summed E-state index contributed by atoms with van der Waals surface area (Å²) < 4.78 is 0. The topological polar surface area (TPSA) is 55.0 Å². The molecule has 0 aliphatic rings. The summed E-state index contributed by atoms with van der Waals surface area (Å²) in [4.78, 5) is 10.9. The molecule has 0 saturated carbocycles. The molecule has 0 fully saturated rings. The first-order valence-corrected chi connectivity index (χ1v) is 5.42. The Hall–Kier alpha value is -1.00. The van der Waals surface area contributed by atoms with Gasteiger partial charge in [0.25, 0.3) is 0 Å². The lowest BCUT2D eigenvalue weighted by molar-refractivity contribution is 0.223. The maximum absolute atomic E-state index is 5.58. The molecule has 1 aromatic rings. The minimum Gasteiger partial charge on any atom is -0.329 e. The number of rotatable bonds is 5. The van der Waals surface area contributed by atoms with E-state index in [0.717, 1.165) is 24.5 Å². The lowest BCUT2D eigenvalue weighted by Crippen LogP contribution is -2.32. The van der Waals surface area contributed by atoms with Crippen molar-refractivity contribution in [2.45, 2.75) is 26.8 Å². The van der Waals surface area contributed by atoms with Gasteiger partial charge < -0.3 is 5.73 Å².